The van der Waals surface area contributed by atoms with Crippen LogP contribution in [0.3, 0.4) is 0 Å². The van der Waals surface area contributed by atoms with Gasteiger partial charge in [-0.3, -0.25) is 9.59 Å². The van der Waals surface area contributed by atoms with Gasteiger partial charge in [-0.15, -0.1) is 0 Å². The Morgan fingerprint density at radius 2 is 1.57 bits per heavy atom. The number of hydrogen-bond acceptors (Lipinski definition) is 5. The summed E-state index contributed by atoms with van der Waals surface area (Å²) in [6.07, 6.45) is 0.986. The van der Waals surface area contributed by atoms with Crippen LogP contribution in [0.4, 0.5) is 0 Å². The molecule has 0 aliphatic rings. The first kappa shape index (κ1) is 19.8. The summed E-state index contributed by atoms with van der Waals surface area (Å²) in [5, 5.41) is 5.34. The van der Waals surface area contributed by atoms with Crippen molar-refractivity contribution in [3.05, 3.63) is 0 Å². The highest BCUT2D eigenvalue weighted by atomic mass is 16.5. The third-order valence-electron chi connectivity index (χ3n) is 2.63. The molecule has 1 atom stereocenters. The number of carbonyl (C=O) groups excluding carboxylic acids is 2. The van der Waals surface area contributed by atoms with Crippen LogP contribution in [0, 0.1) is 0 Å². The highest BCUT2D eigenvalue weighted by molar-refractivity contribution is 5.77. The zero-order valence-corrected chi connectivity index (χ0v) is 13.3. The largest absolute Gasteiger partial charge is 0.377 e. The number of amides is 2. The van der Waals surface area contributed by atoms with Crippen molar-refractivity contribution in [3.8, 4) is 0 Å². The number of nitrogens with one attached hydrogen (secondary N) is 2. The Kier molecular flexibility index (Phi) is 13.0. The number of hydrogen-bond donors (Lipinski definition) is 2. The first-order valence-electron chi connectivity index (χ1n) is 7.34. The Hall–Kier alpha value is -1.18. The average Bonchev–Trinajstić information content (AvgIpc) is 2.46. The van der Waals surface area contributed by atoms with Gasteiger partial charge in [-0.2, -0.15) is 0 Å². The van der Waals surface area contributed by atoms with Crippen LogP contribution in [0.5, 0.6) is 0 Å². The zero-order chi connectivity index (χ0) is 15.9. The van der Waals surface area contributed by atoms with E-state index < -0.39 is 0 Å². The monoisotopic (exact) mass is 304 g/mol. The van der Waals surface area contributed by atoms with Crippen LogP contribution in [0.15, 0.2) is 0 Å². The Balaban J connectivity index is 3.21. The minimum absolute atomic E-state index is 0.0668. The number of carbonyl (C=O) groups is 2. The fourth-order valence-electron chi connectivity index (χ4n) is 1.27. The Labute approximate surface area is 126 Å². The summed E-state index contributed by atoms with van der Waals surface area (Å²) in [6, 6.07) is 0. The predicted octanol–water partition coefficient (Wildman–Crippen LogP) is 0.0870. The maximum atomic E-state index is 11.4. The van der Waals surface area contributed by atoms with Crippen molar-refractivity contribution in [1.82, 2.24) is 10.6 Å². The second-order valence-electron chi connectivity index (χ2n) is 4.59. The topological polar surface area (TPSA) is 85.9 Å². The molecule has 0 spiro atoms. The molecule has 0 fully saturated rings. The van der Waals surface area contributed by atoms with Crippen LogP contribution >= 0.6 is 0 Å². The van der Waals surface area contributed by atoms with Crippen molar-refractivity contribution in [3.63, 3.8) is 0 Å². The van der Waals surface area contributed by atoms with Gasteiger partial charge in [0.15, 0.2) is 0 Å². The molecule has 0 rings (SSSR count). The standard InChI is InChI=1S/C14H28N2O5/c1-4-12(2)21-11-14(18)16-6-8-20-10-9-19-7-5-15-13(3)17/h12H,4-11H2,1-3H3,(H,15,17)(H,16,18). The SMILES string of the molecule is CCC(C)OCC(=O)NCCOCCOCCNC(C)=O. The zero-order valence-electron chi connectivity index (χ0n) is 13.3. The molecule has 2 amide bonds. The van der Waals surface area contributed by atoms with Gasteiger partial charge in [0.1, 0.15) is 6.61 Å². The lowest BCUT2D eigenvalue weighted by molar-refractivity contribution is -0.127. The Bertz CT molecular complexity index is 287. The molecular weight excluding hydrogens is 276 g/mol. The van der Waals surface area contributed by atoms with E-state index in [9.17, 15) is 9.59 Å². The highest BCUT2D eigenvalue weighted by Gasteiger charge is 2.04. The van der Waals surface area contributed by atoms with E-state index in [1.807, 2.05) is 13.8 Å². The number of rotatable bonds is 13. The molecule has 0 bridgehead atoms. The molecule has 0 aliphatic heterocycles. The van der Waals surface area contributed by atoms with Gasteiger partial charge in [-0.05, 0) is 13.3 Å². The summed E-state index contributed by atoms with van der Waals surface area (Å²) in [7, 11) is 0. The molecule has 0 aliphatic carbocycles. The predicted molar refractivity (Wildman–Crippen MR) is 79.0 cm³/mol. The normalized spacial score (nSPS) is 12.0. The number of ether oxygens (including phenoxy) is 3. The molecule has 124 valence electrons. The third-order valence-corrected chi connectivity index (χ3v) is 2.63. The molecule has 0 saturated carbocycles. The second kappa shape index (κ2) is 13.8. The fourth-order valence-corrected chi connectivity index (χ4v) is 1.27. The van der Waals surface area contributed by atoms with Crippen molar-refractivity contribution in [2.45, 2.75) is 33.3 Å². The molecule has 0 heterocycles. The maximum absolute atomic E-state index is 11.4. The molecule has 1 unspecified atom stereocenters. The van der Waals surface area contributed by atoms with Gasteiger partial charge >= 0.3 is 0 Å². The summed E-state index contributed by atoms with van der Waals surface area (Å²) >= 11 is 0. The van der Waals surface area contributed by atoms with Crippen LogP contribution in [-0.4, -0.2) is 64.0 Å². The lowest BCUT2D eigenvalue weighted by Gasteiger charge is -2.11. The van der Waals surface area contributed by atoms with Gasteiger partial charge in [0.25, 0.3) is 0 Å². The van der Waals surface area contributed by atoms with Crippen LogP contribution < -0.4 is 10.6 Å². The van der Waals surface area contributed by atoms with Crippen LogP contribution in [0.2, 0.25) is 0 Å². The fraction of sp³-hybridized carbons (Fsp3) is 0.857. The van der Waals surface area contributed by atoms with Crippen LogP contribution in [0.25, 0.3) is 0 Å². The van der Waals surface area contributed by atoms with Crippen LogP contribution in [-0.2, 0) is 23.8 Å². The molecule has 7 heteroatoms. The van der Waals surface area contributed by atoms with Gasteiger partial charge in [0.2, 0.25) is 11.8 Å². The maximum Gasteiger partial charge on any atom is 0.246 e. The van der Waals surface area contributed by atoms with E-state index in [4.69, 9.17) is 14.2 Å². The molecule has 0 aromatic carbocycles. The van der Waals surface area contributed by atoms with Gasteiger partial charge in [-0.1, -0.05) is 6.92 Å². The van der Waals surface area contributed by atoms with Crippen LogP contribution in [0.1, 0.15) is 27.2 Å². The summed E-state index contributed by atoms with van der Waals surface area (Å²) in [5.41, 5.74) is 0. The summed E-state index contributed by atoms with van der Waals surface area (Å²) in [5.74, 6) is -0.201. The van der Waals surface area contributed by atoms with Crippen molar-refractivity contribution < 1.29 is 23.8 Å². The molecule has 0 radical (unpaired) electrons. The van der Waals surface area contributed by atoms with E-state index in [1.165, 1.54) is 6.92 Å². The van der Waals surface area contributed by atoms with Gasteiger partial charge in [-0.25, -0.2) is 0 Å². The summed E-state index contributed by atoms with van der Waals surface area (Å²) in [4.78, 5) is 21.9. The first-order valence-corrected chi connectivity index (χ1v) is 7.34. The van der Waals surface area contributed by atoms with E-state index in [0.29, 0.717) is 39.5 Å². The van der Waals surface area contributed by atoms with E-state index in [1.54, 1.807) is 0 Å². The smallest absolute Gasteiger partial charge is 0.246 e. The van der Waals surface area contributed by atoms with E-state index in [0.717, 1.165) is 6.42 Å². The summed E-state index contributed by atoms with van der Waals surface area (Å²) < 4.78 is 15.8. The summed E-state index contributed by atoms with van der Waals surface area (Å²) in [6.45, 7) is 8.26. The molecule has 21 heavy (non-hydrogen) atoms. The van der Waals surface area contributed by atoms with E-state index in [2.05, 4.69) is 10.6 Å². The van der Waals surface area contributed by atoms with E-state index in [-0.39, 0.29) is 24.5 Å². The first-order chi connectivity index (χ1) is 10.1. The van der Waals surface area contributed by atoms with Gasteiger partial charge in [0, 0.05) is 20.0 Å². The second-order valence-corrected chi connectivity index (χ2v) is 4.59. The third kappa shape index (κ3) is 15.0. The Morgan fingerprint density at radius 1 is 1.00 bits per heavy atom. The lowest BCUT2D eigenvalue weighted by Crippen LogP contribution is -2.32. The minimum atomic E-state index is -0.134. The molecule has 0 aromatic rings. The minimum Gasteiger partial charge on any atom is -0.377 e. The van der Waals surface area contributed by atoms with Crippen molar-refractivity contribution in [2.75, 3.05) is 46.1 Å². The molecule has 2 N–H and O–H groups in total. The average molecular weight is 304 g/mol. The Morgan fingerprint density at radius 3 is 2.10 bits per heavy atom. The molecule has 7 nitrogen and oxygen atoms in total. The van der Waals surface area contributed by atoms with Gasteiger partial charge in [0.05, 0.1) is 32.5 Å². The van der Waals surface area contributed by atoms with Gasteiger partial charge < -0.3 is 24.8 Å². The van der Waals surface area contributed by atoms with Crippen molar-refractivity contribution in [1.29, 1.82) is 0 Å². The van der Waals surface area contributed by atoms with E-state index >= 15 is 0 Å². The molecule has 0 saturated heterocycles. The van der Waals surface area contributed by atoms with Crippen molar-refractivity contribution >= 4 is 11.8 Å². The highest BCUT2D eigenvalue weighted by Crippen LogP contribution is 1.94. The van der Waals surface area contributed by atoms with Crippen molar-refractivity contribution in [2.24, 2.45) is 0 Å². The molecular formula is C14H28N2O5. The lowest BCUT2D eigenvalue weighted by atomic mass is 10.3. The quantitative estimate of drug-likeness (QED) is 0.471. The molecule has 0 aromatic heterocycles.